The molecule has 0 saturated heterocycles. The Kier molecular flexibility index (Phi) is 2.47. The van der Waals surface area contributed by atoms with Crippen molar-refractivity contribution in [2.45, 2.75) is 27.2 Å². The molecule has 2 rings (SSSR count). The largest absolute Gasteiger partial charge is 0.347 e. The number of fused-ring (bicyclic) bond motifs is 1. The smallest absolute Gasteiger partial charge is 0.0670 e. The van der Waals surface area contributed by atoms with E-state index in [0.29, 0.717) is 6.42 Å². The van der Waals surface area contributed by atoms with Gasteiger partial charge in [-0.1, -0.05) is 12.1 Å². The summed E-state index contributed by atoms with van der Waals surface area (Å²) in [7, 11) is 2.07. The second kappa shape index (κ2) is 3.68. The monoisotopic (exact) mass is 212 g/mol. The minimum absolute atomic E-state index is 0.494. The van der Waals surface area contributed by atoms with Gasteiger partial charge < -0.3 is 4.57 Å². The molecule has 0 radical (unpaired) electrons. The van der Waals surface area contributed by atoms with E-state index in [0.717, 1.165) is 0 Å². The van der Waals surface area contributed by atoms with Crippen molar-refractivity contribution in [2.75, 3.05) is 0 Å². The van der Waals surface area contributed by atoms with Gasteiger partial charge in [-0.2, -0.15) is 5.26 Å². The second-order valence-corrected chi connectivity index (χ2v) is 4.38. The third kappa shape index (κ3) is 1.32. The highest BCUT2D eigenvalue weighted by Gasteiger charge is 2.14. The zero-order valence-electron chi connectivity index (χ0n) is 10.3. The van der Waals surface area contributed by atoms with Crippen LogP contribution in [0.25, 0.3) is 10.9 Å². The van der Waals surface area contributed by atoms with Crippen LogP contribution >= 0.6 is 0 Å². The highest BCUT2D eigenvalue weighted by Crippen LogP contribution is 2.30. The van der Waals surface area contributed by atoms with E-state index in [1.807, 2.05) is 0 Å². The van der Waals surface area contributed by atoms with Crippen LogP contribution in [0.3, 0.4) is 0 Å². The first-order chi connectivity index (χ1) is 7.57. The normalized spacial score (nSPS) is 10.7. The van der Waals surface area contributed by atoms with Crippen LogP contribution in [0.2, 0.25) is 0 Å². The van der Waals surface area contributed by atoms with Crippen LogP contribution < -0.4 is 0 Å². The lowest BCUT2D eigenvalue weighted by molar-refractivity contribution is 0.902. The van der Waals surface area contributed by atoms with E-state index in [-0.39, 0.29) is 0 Å². The lowest BCUT2D eigenvalue weighted by atomic mass is 10.0. The molecule has 0 unspecified atom stereocenters. The Hall–Kier alpha value is -1.75. The van der Waals surface area contributed by atoms with Crippen molar-refractivity contribution in [3.63, 3.8) is 0 Å². The number of hydrogen-bond donors (Lipinski definition) is 0. The topological polar surface area (TPSA) is 28.7 Å². The summed E-state index contributed by atoms with van der Waals surface area (Å²) < 4.78 is 2.20. The van der Waals surface area contributed by atoms with Crippen LogP contribution in [0.1, 0.15) is 22.4 Å². The molecule has 0 bridgehead atoms. The van der Waals surface area contributed by atoms with Crippen LogP contribution in [0, 0.1) is 32.1 Å². The SMILES string of the molecule is Cc1ccc(C)c2c1c(CC#N)c(C)n2C. The van der Waals surface area contributed by atoms with Gasteiger partial charge >= 0.3 is 0 Å². The number of hydrogen-bond acceptors (Lipinski definition) is 1. The fourth-order valence-corrected chi connectivity index (χ4v) is 2.46. The van der Waals surface area contributed by atoms with Crippen LogP contribution in [0.5, 0.6) is 0 Å². The average molecular weight is 212 g/mol. The summed E-state index contributed by atoms with van der Waals surface area (Å²) >= 11 is 0. The number of nitrogens with zero attached hydrogens (tertiary/aromatic N) is 2. The van der Waals surface area contributed by atoms with Crippen molar-refractivity contribution in [1.29, 1.82) is 5.26 Å². The minimum Gasteiger partial charge on any atom is -0.347 e. The van der Waals surface area contributed by atoms with Crippen molar-refractivity contribution < 1.29 is 0 Å². The maximum Gasteiger partial charge on any atom is 0.0670 e. The Morgan fingerprint density at radius 1 is 1.19 bits per heavy atom. The summed E-state index contributed by atoms with van der Waals surface area (Å²) in [5, 5.41) is 10.2. The quantitative estimate of drug-likeness (QED) is 0.713. The van der Waals surface area contributed by atoms with Gasteiger partial charge in [0.15, 0.2) is 0 Å². The van der Waals surface area contributed by atoms with E-state index >= 15 is 0 Å². The third-order valence-corrected chi connectivity index (χ3v) is 3.42. The standard InChI is InChI=1S/C14H16N2/c1-9-5-6-10(2)14-13(9)12(7-8-15)11(3)16(14)4/h5-6H,7H2,1-4H3. The van der Waals surface area contributed by atoms with Crippen molar-refractivity contribution in [1.82, 2.24) is 4.57 Å². The Bertz CT molecular complexity index is 597. The Morgan fingerprint density at radius 2 is 1.81 bits per heavy atom. The van der Waals surface area contributed by atoms with Gasteiger partial charge in [0.2, 0.25) is 0 Å². The highest BCUT2D eigenvalue weighted by molar-refractivity contribution is 5.91. The van der Waals surface area contributed by atoms with E-state index in [4.69, 9.17) is 5.26 Å². The van der Waals surface area contributed by atoms with E-state index in [2.05, 4.69) is 50.6 Å². The molecule has 0 amide bonds. The number of rotatable bonds is 1. The van der Waals surface area contributed by atoms with Crippen molar-refractivity contribution in [3.8, 4) is 6.07 Å². The highest BCUT2D eigenvalue weighted by atomic mass is 14.9. The molecule has 0 atom stereocenters. The predicted molar refractivity (Wildman–Crippen MR) is 66.4 cm³/mol. The summed E-state index contributed by atoms with van der Waals surface area (Å²) in [6, 6.07) is 6.55. The molecule has 0 spiro atoms. The van der Waals surface area contributed by atoms with Gasteiger partial charge in [-0.15, -0.1) is 0 Å². The Labute approximate surface area is 96.1 Å². The number of aromatic nitrogens is 1. The lowest BCUT2D eigenvalue weighted by Gasteiger charge is -2.04. The van der Waals surface area contributed by atoms with Crippen LogP contribution in [0.15, 0.2) is 12.1 Å². The van der Waals surface area contributed by atoms with Crippen molar-refractivity contribution >= 4 is 10.9 Å². The molecule has 0 saturated carbocycles. The van der Waals surface area contributed by atoms with Gasteiger partial charge in [-0.3, -0.25) is 0 Å². The van der Waals surface area contributed by atoms with Crippen LogP contribution in [-0.4, -0.2) is 4.57 Å². The van der Waals surface area contributed by atoms with Crippen molar-refractivity contribution in [2.24, 2.45) is 7.05 Å². The zero-order valence-corrected chi connectivity index (χ0v) is 10.3. The van der Waals surface area contributed by atoms with Gasteiger partial charge in [-0.25, -0.2) is 0 Å². The molecule has 16 heavy (non-hydrogen) atoms. The number of aryl methyl sites for hydroxylation is 3. The van der Waals surface area contributed by atoms with Crippen molar-refractivity contribution in [3.05, 3.63) is 34.5 Å². The minimum atomic E-state index is 0.494. The van der Waals surface area contributed by atoms with Gasteiger partial charge in [0, 0.05) is 18.1 Å². The molecule has 1 aromatic carbocycles. The molecule has 1 heterocycles. The molecule has 0 aliphatic heterocycles. The van der Waals surface area contributed by atoms with Gasteiger partial charge in [0.25, 0.3) is 0 Å². The molecule has 0 aliphatic carbocycles. The van der Waals surface area contributed by atoms with Crippen LogP contribution in [0.4, 0.5) is 0 Å². The van der Waals surface area contributed by atoms with E-state index in [1.54, 1.807) is 0 Å². The second-order valence-electron chi connectivity index (χ2n) is 4.38. The first-order valence-corrected chi connectivity index (χ1v) is 5.49. The Morgan fingerprint density at radius 3 is 2.44 bits per heavy atom. The molecule has 2 nitrogen and oxygen atoms in total. The lowest BCUT2D eigenvalue weighted by Crippen LogP contribution is -1.93. The summed E-state index contributed by atoms with van der Waals surface area (Å²) in [6.45, 7) is 6.32. The number of nitriles is 1. The first kappa shape index (κ1) is 10.8. The molecule has 0 N–H and O–H groups in total. The maximum absolute atomic E-state index is 8.91. The summed E-state index contributed by atoms with van der Waals surface area (Å²) in [5.74, 6) is 0. The van der Waals surface area contributed by atoms with Gasteiger partial charge in [0.05, 0.1) is 18.0 Å². The van der Waals surface area contributed by atoms with Gasteiger partial charge in [-0.05, 0) is 37.5 Å². The van der Waals surface area contributed by atoms with E-state index in [9.17, 15) is 0 Å². The molecule has 82 valence electrons. The molecule has 0 aliphatic rings. The summed E-state index contributed by atoms with van der Waals surface area (Å²) in [4.78, 5) is 0. The fourth-order valence-electron chi connectivity index (χ4n) is 2.46. The summed E-state index contributed by atoms with van der Waals surface area (Å²) in [6.07, 6.45) is 0.494. The molecule has 2 aromatic rings. The average Bonchev–Trinajstić information content (AvgIpc) is 2.50. The summed E-state index contributed by atoms with van der Waals surface area (Å²) in [5.41, 5.74) is 6.18. The van der Waals surface area contributed by atoms with Crippen LogP contribution in [-0.2, 0) is 13.5 Å². The third-order valence-electron chi connectivity index (χ3n) is 3.42. The molecular formula is C14H16N2. The number of benzene rings is 1. The molecule has 0 fully saturated rings. The predicted octanol–water partition coefficient (Wildman–Crippen LogP) is 3.17. The zero-order chi connectivity index (χ0) is 11.9. The van der Waals surface area contributed by atoms with E-state index < -0.39 is 0 Å². The molecule has 1 aromatic heterocycles. The molecular weight excluding hydrogens is 196 g/mol. The van der Waals surface area contributed by atoms with E-state index in [1.165, 1.54) is 33.3 Å². The fraction of sp³-hybridized carbons (Fsp3) is 0.357. The first-order valence-electron chi connectivity index (χ1n) is 5.49. The Balaban J connectivity index is 2.97. The van der Waals surface area contributed by atoms with Gasteiger partial charge in [0.1, 0.15) is 0 Å². The maximum atomic E-state index is 8.91. The molecule has 2 heteroatoms.